The van der Waals surface area contributed by atoms with E-state index in [0.717, 1.165) is 31.4 Å². The number of nitrogens with zero attached hydrogens (tertiary/aromatic N) is 1. The SMILES string of the molecule is CNC(=O)C1CCCCN1CC(O)c1ccccc1N. The van der Waals surface area contributed by atoms with Crippen LogP contribution < -0.4 is 11.1 Å². The molecule has 2 unspecified atom stereocenters. The average molecular weight is 277 g/mol. The highest BCUT2D eigenvalue weighted by Gasteiger charge is 2.29. The number of hydrogen-bond donors (Lipinski definition) is 3. The lowest BCUT2D eigenvalue weighted by Gasteiger charge is -2.35. The molecule has 1 aromatic rings. The van der Waals surface area contributed by atoms with Gasteiger partial charge in [-0.2, -0.15) is 0 Å². The van der Waals surface area contributed by atoms with Crippen molar-refractivity contribution in [3.8, 4) is 0 Å². The van der Waals surface area contributed by atoms with E-state index in [9.17, 15) is 9.90 Å². The minimum atomic E-state index is -0.665. The summed E-state index contributed by atoms with van der Waals surface area (Å²) in [6.07, 6.45) is 2.29. The number of anilines is 1. The van der Waals surface area contributed by atoms with Gasteiger partial charge < -0.3 is 16.2 Å². The molecular weight excluding hydrogens is 254 g/mol. The minimum Gasteiger partial charge on any atom is -0.398 e. The zero-order chi connectivity index (χ0) is 14.5. The van der Waals surface area contributed by atoms with Gasteiger partial charge >= 0.3 is 0 Å². The molecule has 0 spiro atoms. The Morgan fingerprint density at radius 2 is 2.25 bits per heavy atom. The van der Waals surface area contributed by atoms with Crippen LogP contribution in [0.25, 0.3) is 0 Å². The standard InChI is InChI=1S/C15H23N3O2/c1-17-15(20)13-8-4-5-9-18(13)10-14(19)11-6-2-3-7-12(11)16/h2-3,6-7,13-14,19H,4-5,8-10,16H2,1H3,(H,17,20). The van der Waals surface area contributed by atoms with Crippen LogP contribution >= 0.6 is 0 Å². The largest absolute Gasteiger partial charge is 0.398 e. The Balaban J connectivity index is 2.07. The summed E-state index contributed by atoms with van der Waals surface area (Å²) in [5.41, 5.74) is 7.21. The number of likely N-dealkylation sites (tertiary alicyclic amines) is 1. The fourth-order valence-electron chi connectivity index (χ4n) is 2.81. The molecule has 0 aromatic heterocycles. The smallest absolute Gasteiger partial charge is 0.237 e. The van der Waals surface area contributed by atoms with Crippen LogP contribution in [0.4, 0.5) is 5.69 Å². The fourth-order valence-corrected chi connectivity index (χ4v) is 2.81. The van der Waals surface area contributed by atoms with Gasteiger partial charge in [0.1, 0.15) is 0 Å². The van der Waals surface area contributed by atoms with Crippen molar-refractivity contribution in [1.82, 2.24) is 10.2 Å². The second-order valence-electron chi connectivity index (χ2n) is 5.27. The molecule has 5 heteroatoms. The van der Waals surface area contributed by atoms with Crippen molar-refractivity contribution in [2.75, 3.05) is 25.9 Å². The van der Waals surface area contributed by atoms with Crippen molar-refractivity contribution in [1.29, 1.82) is 0 Å². The summed E-state index contributed by atoms with van der Waals surface area (Å²) in [5.74, 6) is 0.0259. The van der Waals surface area contributed by atoms with Gasteiger partial charge in [0.2, 0.25) is 5.91 Å². The Morgan fingerprint density at radius 1 is 1.50 bits per heavy atom. The second kappa shape index (κ2) is 6.72. The number of nitrogen functional groups attached to an aromatic ring is 1. The first-order chi connectivity index (χ1) is 9.63. The molecule has 1 heterocycles. The van der Waals surface area contributed by atoms with Crippen LogP contribution in [0.2, 0.25) is 0 Å². The van der Waals surface area contributed by atoms with E-state index in [-0.39, 0.29) is 11.9 Å². The molecule has 0 saturated carbocycles. The van der Waals surface area contributed by atoms with Crippen LogP contribution in [-0.4, -0.2) is 42.1 Å². The highest BCUT2D eigenvalue weighted by Crippen LogP contribution is 2.24. The second-order valence-corrected chi connectivity index (χ2v) is 5.27. The summed E-state index contributed by atoms with van der Waals surface area (Å²) in [7, 11) is 1.65. The lowest BCUT2D eigenvalue weighted by molar-refractivity contribution is -0.127. The first kappa shape index (κ1) is 14.8. The molecule has 1 aromatic carbocycles. The van der Waals surface area contributed by atoms with Crippen molar-refractivity contribution in [2.45, 2.75) is 31.4 Å². The van der Waals surface area contributed by atoms with E-state index >= 15 is 0 Å². The van der Waals surface area contributed by atoms with Gasteiger partial charge in [-0.25, -0.2) is 0 Å². The van der Waals surface area contributed by atoms with E-state index in [0.29, 0.717) is 12.2 Å². The van der Waals surface area contributed by atoms with Crippen LogP contribution in [0.3, 0.4) is 0 Å². The van der Waals surface area contributed by atoms with Gasteiger partial charge in [0, 0.05) is 24.8 Å². The van der Waals surface area contributed by atoms with E-state index in [1.165, 1.54) is 0 Å². The molecule has 20 heavy (non-hydrogen) atoms. The van der Waals surface area contributed by atoms with Crippen molar-refractivity contribution in [2.24, 2.45) is 0 Å². The third-order valence-corrected chi connectivity index (χ3v) is 3.93. The predicted octanol–water partition coefficient (Wildman–Crippen LogP) is 0.903. The molecule has 0 radical (unpaired) electrons. The number of aliphatic hydroxyl groups excluding tert-OH is 1. The molecule has 1 fully saturated rings. The number of nitrogens with one attached hydrogen (secondary N) is 1. The Kier molecular flexibility index (Phi) is 4.98. The summed E-state index contributed by atoms with van der Waals surface area (Å²) in [6, 6.07) is 7.18. The number of amides is 1. The van der Waals surface area contributed by atoms with Gasteiger partial charge in [-0.1, -0.05) is 24.6 Å². The van der Waals surface area contributed by atoms with Gasteiger partial charge in [-0.05, 0) is 25.5 Å². The van der Waals surface area contributed by atoms with Crippen molar-refractivity contribution in [3.63, 3.8) is 0 Å². The van der Waals surface area contributed by atoms with Crippen LogP contribution in [0, 0.1) is 0 Å². The topological polar surface area (TPSA) is 78.6 Å². The van der Waals surface area contributed by atoms with Crippen molar-refractivity contribution in [3.05, 3.63) is 29.8 Å². The molecule has 4 N–H and O–H groups in total. The van der Waals surface area contributed by atoms with E-state index in [1.807, 2.05) is 18.2 Å². The molecule has 1 aliphatic rings. The zero-order valence-electron chi connectivity index (χ0n) is 11.9. The summed E-state index contributed by atoms with van der Waals surface area (Å²) in [6.45, 7) is 1.27. The van der Waals surface area contributed by atoms with Crippen molar-refractivity contribution >= 4 is 11.6 Å². The van der Waals surface area contributed by atoms with Crippen LogP contribution in [0.5, 0.6) is 0 Å². The third kappa shape index (κ3) is 3.29. The number of carbonyl (C=O) groups excluding carboxylic acids is 1. The summed E-state index contributed by atoms with van der Waals surface area (Å²) in [4.78, 5) is 14.0. The van der Waals surface area contributed by atoms with Crippen LogP contribution in [0.15, 0.2) is 24.3 Å². The highest BCUT2D eigenvalue weighted by atomic mass is 16.3. The number of hydrogen-bond acceptors (Lipinski definition) is 4. The normalized spacial score (nSPS) is 21.4. The van der Waals surface area contributed by atoms with Gasteiger partial charge in [-0.15, -0.1) is 0 Å². The molecule has 2 atom stereocenters. The van der Waals surface area contributed by atoms with Gasteiger partial charge in [0.25, 0.3) is 0 Å². The maximum absolute atomic E-state index is 11.9. The average Bonchev–Trinajstić information content (AvgIpc) is 2.47. The number of aliphatic hydroxyl groups is 1. The number of carbonyl (C=O) groups is 1. The fraction of sp³-hybridized carbons (Fsp3) is 0.533. The summed E-state index contributed by atoms with van der Waals surface area (Å²) < 4.78 is 0. The summed E-state index contributed by atoms with van der Waals surface area (Å²) >= 11 is 0. The Bertz CT molecular complexity index is 464. The number of β-amino-alcohol motifs (C(OH)–C–C–N with tert-alkyl or cyclic N) is 1. The van der Waals surface area contributed by atoms with E-state index < -0.39 is 6.10 Å². The number of likely N-dealkylation sites (N-methyl/N-ethyl adjacent to an activating group) is 1. The first-order valence-corrected chi connectivity index (χ1v) is 7.11. The minimum absolute atomic E-state index is 0.0259. The quantitative estimate of drug-likeness (QED) is 0.715. The van der Waals surface area contributed by atoms with Crippen LogP contribution in [-0.2, 0) is 4.79 Å². The highest BCUT2D eigenvalue weighted by molar-refractivity contribution is 5.81. The lowest BCUT2D eigenvalue weighted by Crippen LogP contribution is -2.49. The maximum Gasteiger partial charge on any atom is 0.237 e. The number of nitrogens with two attached hydrogens (primary N) is 1. The maximum atomic E-state index is 11.9. The van der Waals surface area contributed by atoms with E-state index in [2.05, 4.69) is 10.2 Å². The monoisotopic (exact) mass is 277 g/mol. The van der Waals surface area contributed by atoms with Crippen LogP contribution in [0.1, 0.15) is 30.9 Å². The number of rotatable bonds is 4. The Labute approximate surface area is 119 Å². The van der Waals surface area contributed by atoms with E-state index in [1.54, 1.807) is 13.1 Å². The van der Waals surface area contributed by atoms with Gasteiger partial charge in [0.15, 0.2) is 0 Å². The molecule has 1 aliphatic heterocycles. The van der Waals surface area contributed by atoms with Gasteiger partial charge in [-0.3, -0.25) is 9.69 Å². The third-order valence-electron chi connectivity index (χ3n) is 3.93. The van der Waals surface area contributed by atoms with E-state index in [4.69, 9.17) is 5.73 Å². The molecule has 2 rings (SSSR count). The molecule has 0 bridgehead atoms. The molecular formula is C15H23N3O2. The Morgan fingerprint density at radius 3 is 2.95 bits per heavy atom. The van der Waals surface area contributed by atoms with Crippen molar-refractivity contribution < 1.29 is 9.90 Å². The summed E-state index contributed by atoms with van der Waals surface area (Å²) in [5, 5.41) is 13.1. The molecule has 1 saturated heterocycles. The number of piperidine rings is 1. The van der Waals surface area contributed by atoms with Gasteiger partial charge in [0.05, 0.1) is 12.1 Å². The lowest BCUT2D eigenvalue weighted by atomic mass is 9.99. The number of para-hydroxylation sites is 1. The molecule has 110 valence electrons. The zero-order valence-corrected chi connectivity index (χ0v) is 11.9. The predicted molar refractivity (Wildman–Crippen MR) is 79.1 cm³/mol. The Hall–Kier alpha value is -1.59. The molecule has 1 amide bonds. The molecule has 0 aliphatic carbocycles. The number of benzene rings is 1. The molecule has 5 nitrogen and oxygen atoms in total. The first-order valence-electron chi connectivity index (χ1n) is 7.11.